The van der Waals surface area contributed by atoms with Crippen LogP contribution in [0.4, 0.5) is 0 Å². The number of hydrogen-bond donors (Lipinski definition) is 1. The summed E-state index contributed by atoms with van der Waals surface area (Å²) in [5.41, 5.74) is 0.948. The summed E-state index contributed by atoms with van der Waals surface area (Å²) in [6.07, 6.45) is 0. The normalized spacial score (nSPS) is 15.6. The predicted molar refractivity (Wildman–Crippen MR) is 124 cm³/mol. The van der Waals surface area contributed by atoms with E-state index in [-0.39, 0.29) is 21.5 Å². The van der Waals surface area contributed by atoms with Crippen LogP contribution in [0.2, 0.25) is 5.02 Å². The highest BCUT2D eigenvalue weighted by Crippen LogP contribution is 2.28. The van der Waals surface area contributed by atoms with Crippen molar-refractivity contribution in [1.29, 1.82) is 0 Å². The fourth-order valence-electron chi connectivity index (χ4n) is 4.34. The summed E-state index contributed by atoms with van der Waals surface area (Å²) >= 11 is 6.37. The Kier molecular flexibility index (Phi) is 6.14. The fourth-order valence-corrected chi connectivity index (χ4v) is 4.60. The number of carbonyl (C=O) groups is 1. The number of halogens is 1. The molecule has 7 heteroatoms. The number of carboxylic acid groups (broad SMARTS) is 1. The number of piperazine rings is 1. The summed E-state index contributed by atoms with van der Waals surface area (Å²) in [5, 5.41) is 11.0. The second-order valence-corrected chi connectivity index (χ2v) is 8.58. The Labute approximate surface area is 186 Å². The standard InChI is InChI=1S/C24H26ClN3O3/c1-16(2)27-13-11-26(12-14-27)15-20-22(24(30)31)18-9-6-10-19(25)21(18)23(29)28(20)17-7-4-3-5-8-17/h3-10,16H,11-15H2,1-2H3,(H,30,31). The lowest BCUT2D eigenvalue weighted by Crippen LogP contribution is -2.49. The smallest absolute Gasteiger partial charge is 0.338 e. The predicted octanol–water partition coefficient (Wildman–Crippen LogP) is 3.87. The first-order valence-electron chi connectivity index (χ1n) is 10.5. The van der Waals surface area contributed by atoms with Crippen LogP contribution in [0.25, 0.3) is 16.5 Å². The first-order valence-corrected chi connectivity index (χ1v) is 10.9. The van der Waals surface area contributed by atoms with E-state index in [1.807, 2.05) is 30.3 Å². The van der Waals surface area contributed by atoms with Gasteiger partial charge in [-0.1, -0.05) is 41.9 Å². The molecule has 0 spiro atoms. The molecule has 31 heavy (non-hydrogen) atoms. The van der Waals surface area contributed by atoms with Crippen LogP contribution in [0, 0.1) is 0 Å². The summed E-state index contributed by atoms with van der Waals surface area (Å²) in [6, 6.07) is 14.6. The van der Waals surface area contributed by atoms with E-state index in [4.69, 9.17) is 11.6 Å². The summed E-state index contributed by atoms with van der Waals surface area (Å²) < 4.78 is 1.52. The Morgan fingerprint density at radius 3 is 2.32 bits per heavy atom. The maximum absolute atomic E-state index is 13.6. The number of aromatic carboxylic acids is 1. The van der Waals surface area contributed by atoms with Gasteiger partial charge in [-0.3, -0.25) is 19.2 Å². The van der Waals surface area contributed by atoms with Crippen molar-refractivity contribution in [3.05, 3.63) is 75.2 Å². The average Bonchev–Trinajstić information content (AvgIpc) is 2.74. The Bertz CT molecular complexity index is 1170. The molecule has 1 fully saturated rings. The SMILES string of the molecule is CC(C)N1CCN(Cc2c(C(=O)O)c3cccc(Cl)c3c(=O)n2-c2ccccc2)CC1. The molecule has 1 saturated heterocycles. The number of nitrogens with zero attached hydrogens (tertiary/aromatic N) is 3. The third-order valence-electron chi connectivity index (χ3n) is 6.00. The van der Waals surface area contributed by atoms with Crippen LogP contribution < -0.4 is 5.56 Å². The van der Waals surface area contributed by atoms with Gasteiger partial charge in [-0.2, -0.15) is 0 Å². The van der Waals surface area contributed by atoms with Crippen molar-refractivity contribution in [2.24, 2.45) is 0 Å². The summed E-state index contributed by atoms with van der Waals surface area (Å²) in [6.45, 7) is 8.18. The molecule has 0 aliphatic carbocycles. The Morgan fingerprint density at radius 1 is 1.03 bits per heavy atom. The van der Waals surface area contributed by atoms with E-state index in [2.05, 4.69) is 23.6 Å². The first-order chi connectivity index (χ1) is 14.9. The number of benzene rings is 2. The molecule has 0 unspecified atom stereocenters. The van der Waals surface area contributed by atoms with Gasteiger partial charge in [0.15, 0.2) is 0 Å². The number of pyridine rings is 1. The fraction of sp³-hybridized carbons (Fsp3) is 0.333. The van der Waals surface area contributed by atoms with E-state index in [0.717, 1.165) is 26.2 Å². The molecule has 4 rings (SSSR count). The Morgan fingerprint density at radius 2 is 1.71 bits per heavy atom. The molecule has 6 nitrogen and oxygen atoms in total. The molecule has 0 bridgehead atoms. The molecule has 1 aliphatic heterocycles. The van der Waals surface area contributed by atoms with Crippen molar-refractivity contribution in [2.45, 2.75) is 26.4 Å². The number of carboxylic acids is 1. The van der Waals surface area contributed by atoms with E-state index in [1.165, 1.54) is 4.57 Å². The first kappa shape index (κ1) is 21.6. The van der Waals surface area contributed by atoms with Crippen LogP contribution >= 0.6 is 11.6 Å². The lowest BCUT2D eigenvalue weighted by atomic mass is 10.0. The molecule has 0 amide bonds. The van der Waals surface area contributed by atoms with E-state index in [1.54, 1.807) is 18.2 Å². The third-order valence-corrected chi connectivity index (χ3v) is 6.31. The highest BCUT2D eigenvalue weighted by atomic mass is 35.5. The topological polar surface area (TPSA) is 65.8 Å². The second-order valence-electron chi connectivity index (χ2n) is 8.17. The number of hydrogen-bond acceptors (Lipinski definition) is 4. The highest BCUT2D eigenvalue weighted by Gasteiger charge is 2.26. The number of aromatic nitrogens is 1. The molecule has 0 atom stereocenters. The molecule has 1 aromatic heterocycles. The minimum atomic E-state index is -1.06. The maximum atomic E-state index is 13.6. The van der Waals surface area contributed by atoms with E-state index < -0.39 is 5.97 Å². The van der Waals surface area contributed by atoms with Gasteiger partial charge in [-0.15, -0.1) is 0 Å². The van der Waals surface area contributed by atoms with Crippen molar-refractivity contribution in [1.82, 2.24) is 14.4 Å². The number of para-hydroxylation sites is 1. The summed E-state index contributed by atoms with van der Waals surface area (Å²) in [5.74, 6) is -1.06. The quantitative estimate of drug-likeness (QED) is 0.653. The molecule has 3 aromatic rings. The molecule has 162 valence electrons. The maximum Gasteiger partial charge on any atom is 0.338 e. The van der Waals surface area contributed by atoms with Crippen LogP contribution in [0.5, 0.6) is 0 Å². The van der Waals surface area contributed by atoms with Gasteiger partial charge in [-0.25, -0.2) is 4.79 Å². The zero-order valence-corrected chi connectivity index (χ0v) is 18.5. The van der Waals surface area contributed by atoms with Crippen molar-refractivity contribution in [3.63, 3.8) is 0 Å². The lowest BCUT2D eigenvalue weighted by Gasteiger charge is -2.37. The summed E-state index contributed by atoms with van der Waals surface area (Å²) in [4.78, 5) is 30.6. The van der Waals surface area contributed by atoms with Gasteiger partial charge in [0, 0.05) is 49.8 Å². The number of fused-ring (bicyclic) bond motifs is 1. The van der Waals surface area contributed by atoms with Gasteiger partial charge < -0.3 is 5.11 Å². The Hall–Kier alpha value is -2.67. The third kappa shape index (κ3) is 4.11. The van der Waals surface area contributed by atoms with Crippen LogP contribution in [-0.2, 0) is 6.54 Å². The Balaban J connectivity index is 1.91. The molecule has 2 aromatic carbocycles. The molecule has 2 heterocycles. The van der Waals surface area contributed by atoms with Crippen molar-refractivity contribution >= 4 is 28.3 Å². The second kappa shape index (κ2) is 8.83. The van der Waals surface area contributed by atoms with E-state index >= 15 is 0 Å². The van der Waals surface area contributed by atoms with Crippen LogP contribution in [0.3, 0.4) is 0 Å². The van der Waals surface area contributed by atoms with Gasteiger partial charge >= 0.3 is 5.97 Å². The van der Waals surface area contributed by atoms with Crippen LogP contribution in [0.15, 0.2) is 53.3 Å². The van der Waals surface area contributed by atoms with Gasteiger partial charge in [0.25, 0.3) is 5.56 Å². The monoisotopic (exact) mass is 439 g/mol. The average molecular weight is 440 g/mol. The van der Waals surface area contributed by atoms with E-state index in [9.17, 15) is 14.7 Å². The summed E-state index contributed by atoms with van der Waals surface area (Å²) in [7, 11) is 0. The molecule has 0 radical (unpaired) electrons. The van der Waals surface area contributed by atoms with E-state index in [0.29, 0.717) is 29.4 Å². The number of rotatable bonds is 5. The molecule has 0 saturated carbocycles. The minimum Gasteiger partial charge on any atom is -0.478 e. The minimum absolute atomic E-state index is 0.132. The lowest BCUT2D eigenvalue weighted by molar-refractivity contribution is 0.0692. The molecular weight excluding hydrogens is 414 g/mol. The van der Waals surface area contributed by atoms with Gasteiger partial charge in [-0.05, 0) is 32.0 Å². The van der Waals surface area contributed by atoms with Crippen molar-refractivity contribution in [2.75, 3.05) is 26.2 Å². The van der Waals surface area contributed by atoms with Gasteiger partial charge in [0.2, 0.25) is 0 Å². The molecular formula is C24H26ClN3O3. The largest absolute Gasteiger partial charge is 0.478 e. The van der Waals surface area contributed by atoms with Gasteiger partial charge in [0.05, 0.1) is 21.7 Å². The zero-order chi connectivity index (χ0) is 22.1. The van der Waals surface area contributed by atoms with Gasteiger partial charge in [0.1, 0.15) is 0 Å². The highest BCUT2D eigenvalue weighted by molar-refractivity contribution is 6.35. The van der Waals surface area contributed by atoms with Crippen LogP contribution in [0.1, 0.15) is 29.9 Å². The molecule has 1 aliphatic rings. The van der Waals surface area contributed by atoms with Crippen molar-refractivity contribution in [3.8, 4) is 5.69 Å². The van der Waals surface area contributed by atoms with Crippen molar-refractivity contribution < 1.29 is 9.90 Å². The van der Waals surface area contributed by atoms with Crippen LogP contribution in [-0.4, -0.2) is 57.7 Å². The zero-order valence-electron chi connectivity index (χ0n) is 17.7. The molecule has 1 N–H and O–H groups in total.